The average molecular weight is 293 g/mol. The fourth-order valence-electron chi connectivity index (χ4n) is 2.95. The lowest BCUT2D eigenvalue weighted by Crippen LogP contribution is -2.38. The van der Waals surface area contributed by atoms with Gasteiger partial charge in [0.1, 0.15) is 6.04 Å². The number of hydrogen-bond donors (Lipinski definition) is 0. The Morgan fingerprint density at radius 2 is 1.95 bits per heavy atom. The zero-order valence-electron chi connectivity index (χ0n) is 12.0. The van der Waals surface area contributed by atoms with Crippen LogP contribution in [0.15, 0.2) is 48.5 Å². The molecule has 0 aliphatic carbocycles. The Labute approximate surface area is 128 Å². The van der Waals surface area contributed by atoms with Crippen molar-refractivity contribution in [3.05, 3.63) is 69.8 Å². The Balaban J connectivity index is 2.00. The van der Waals surface area contributed by atoms with Gasteiger partial charge in [0.25, 0.3) is 5.69 Å². The third kappa shape index (κ3) is 2.51. The summed E-state index contributed by atoms with van der Waals surface area (Å²) in [5.41, 5.74) is 2.91. The van der Waals surface area contributed by atoms with E-state index in [1.807, 2.05) is 23.1 Å². The van der Waals surface area contributed by atoms with E-state index in [0.29, 0.717) is 12.1 Å². The minimum absolute atomic E-state index is 0.0993. The lowest BCUT2D eigenvalue weighted by atomic mass is 9.95. The van der Waals surface area contributed by atoms with Crippen molar-refractivity contribution < 1.29 is 4.92 Å². The van der Waals surface area contributed by atoms with E-state index in [9.17, 15) is 15.4 Å². The number of nitrogens with zero attached hydrogens (tertiary/aromatic N) is 3. The first-order valence-electron chi connectivity index (χ1n) is 7.17. The van der Waals surface area contributed by atoms with Crippen LogP contribution in [0.3, 0.4) is 0 Å². The Morgan fingerprint density at radius 3 is 2.73 bits per heavy atom. The van der Waals surface area contributed by atoms with Crippen molar-refractivity contribution in [2.24, 2.45) is 0 Å². The van der Waals surface area contributed by atoms with Crippen LogP contribution in [0, 0.1) is 21.4 Å². The first-order chi connectivity index (χ1) is 10.7. The summed E-state index contributed by atoms with van der Waals surface area (Å²) >= 11 is 0. The minimum atomic E-state index is -0.368. The molecule has 3 rings (SSSR count). The molecular formula is C17H15N3O2. The highest BCUT2D eigenvalue weighted by atomic mass is 16.6. The highest BCUT2D eigenvalue weighted by Crippen LogP contribution is 2.33. The Bertz CT molecular complexity index is 752. The normalized spacial score (nSPS) is 16.7. The zero-order valence-corrected chi connectivity index (χ0v) is 12.0. The van der Waals surface area contributed by atoms with Crippen molar-refractivity contribution in [3.63, 3.8) is 0 Å². The molecule has 0 N–H and O–H groups in total. The number of hydrogen-bond acceptors (Lipinski definition) is 4. The van der Waals surface area contributed by atoms with E-state index >= 15 is 0 Å². The van der Waals surface area contributed by atoms with E-state index in [0.717, 1.165) is 18.5 Å². The van der Waals surface area contributed by atoms with Gasteiger partial charge in [-0.2, -0.15) is 5.26 Å². The molecule has 0 unspecified atom stereocenters. The zero-order chi connectivity index (χ0) is 15.5. The second-order valence-electron chi connectivity index (χ2n) is 5.33. The molecule has 0 saturated carbocycles. The first kappa shape index (κ1) is 14.1. The molecule has 22 heavy (non-hydrogen) atoms. The Kier molecular flexibility index (Phi) is 3.75. The molecule has 0 bridgehead atoms. The Hall–Kier alpha value is -2.87. The molecule has 5 nitrogen and oxygen atoms in total. The molecule has 1 aliphatic rings. The largest absolute Gasteiger partial charge is 0.351 e. The minimum Gasteiger partial charge on any atom is -0.351 e. The highest BCUT2D eigenvalue weighted by Gasteiger charge is 2.27. The standard InChI is InChI=1S/C17H15N3O2/c18-11-15-10-9-13-5-1-3-7-16(13)19(15)12-14-6-2-4-8-17(14)20(21)22/h1-8,15H,9-10,12H2/t15-/m0/s1. The molecular weight excluding hydrogens is 278 g/mol. The second-order valence-corrected chi connectivity index (χ2v) is 5.33. The van der Waals surface area contributed by atoms with Crippen LogP contribution in [-0.2, 0) is 13.0 Å². The van der Waals surface area contributed by atoms with E-state index in [1.54, 1.807) is 18.2 Å². The number of nitro groups is 1. The molecule has 5 heteroatoms. The van der Waals surface area contributed by atoms with Crippen molar-refractivity contribution >= 4 is 11.4 Å². The van der Waals surface area contributed by atoms with E-state index in [1.165, 1.54) is 11.6 Å². The Morgan fingerprint density at radius 1 is 1.23 bits per heavy atom. The van der Waals surface area contributed by atoms with Gasteiger partial charge in [0, 0.05) is 17.3 Å². The van der Waals surface area contributed by atoms with Gasteiger partial charge in [-0.05, 0) is 24.5 Å². The average Bonchev–Trinajstić information content (AvgIpc) is 2.55. The first-order valence-corrected chi connectivity index (χ1v) is 7.17. The summed E-state index contributed by atoms with van der Waals surface area (Å²) < 4.78 is 0. The topological polar surface area (TPSA) is 70.2 Å². The molecule has 2 aromatic carbocycles. The fourth-order valence-corrected chi connectivity index (χ4v) is 2.95. The number of aryl methyl sites for hydroxylation is 1. The van der Waals surface area contributed by atoms with Crippen LogP contribution < -0.4 is 4.90 Å². The van der Waals surface area contributed by atoms with Gasteiger partial charge in [0.05, 0.1) is 17.5 Å². The van der Waals surface area contributed by atoms with Gasteiger partial charge in [0.15, 0.2) is 0 Å². The van der Waals surface area contributed by atoms with Crippen LogP contribution in [0.1, 0.15) is 17.5 Å². The lowest BCUT2D eigenvalue weighted by Gasteiger charge is -2.35. The molecule has 0 saturated heterocycles. The number of nitro benzene ring substituents is 1. The van der Waals surface area contributed by atoms with E-state index in [2.05, 4.69) is 12.1 Å². The molecule has 0 aromatic heterocycles. The summed E-state index contributed by atoms with van der Waals surface area (Å²) in [7, 11) is 0. The maximum atomic E-state index is 11.2. The lowest BCUT2D eigenvalue weighted by molar-refractivity contribution is -0.385. The molecule has 1 atom stereocenters. The number of fused-ring (bicyclic) bond motifs is 1. The van der Waals surface area contributed by atoms with Gasteiger partial charge in [-0.1, -0.05) is 36.4 Å². The van der Waals surface area contributed by atoms with Gasteiger partial charge in [-0.3, -0.25) is 10.1 Å². The van der Waals surface area contributed by atoms with Crippen LogP contribution in [0.4, 0.5) is 11.4 Å². The molecule has 0 spiro atoms. The SMILES string of the molecule is N#C[C@@H]1CCc2ccccc2N1Cc1ccccc1[N+](=O)[O-]. The fraction of sp³-hybridized carbons (Fsp3) is 0.235. The van der Waals surface area contributed by atoms with Crippen molar-refractivity contribution in [2.75, 3.05) is 4.90 Å². The number of rotatable bonds is 3. The molecule has 0 fully saturated rings. The van der Waals surface area contributed by atoms with E-state index in [-0.39, 0.29) is 16.7 Å². The van der Waals surface area contributed by atoms with Crippen LogP contribution in [-0.4, -0.2) is 11.0 Å². The van der Waals surface area contributed by atoms with Crippen LogP contribution in [0.25, 0.3) is 0 Å². The summed E-state index contributed by atoms with van der Waals surface area (Å²) in [4.78, 5) is 12.8. The summed E-state index contributed by atoms with van der Waals surface area (Å²) in [5.74, 6) is 0. The summed E-state index contributed by atoms with van der Waals surface area (Å²) in [6, 6.07) is 16.7. The van der Waals surface area contributed by atoms with Gasteiger partial charge in [-0.15, -0.1) is 0 Å². The smallest absolute Gasteiger partial charge is 0.274 e. The number of anilines is 1. The van der Waals surface area contributed by atoms with Gasteiger partial charge < -0.3 is 4.90 Å². The van der Waals surface area contributed by atoms with Gasteiger partial charge in [0.2, 0.25) is 0 Å². The van der Waals surface area contributed by atoms with Crippen molar-refractivity contribution in [1.29, 1.82) is 5.26 Å². The quantitative estimate of drug-likeness (QED) is 0.642. The van der Waals surface area contributed by atoms with E-state index < -0.39 is 0 Å². The molecule has 110 valence electrons. The monoisotopic (exact) mass is 293 g/mol. The predicted octanol–water partition coefficient (Wildman–Crippen LogP) is 3.44. The predicted molar refractivity (Wildman–Crippen MR) is 83.4 cm³/mol. The maximum Gasteiger partial charge on any atom is 0.274 e. The number of para-hydroxylation sites is 2. The molecule has 1 heterocycles. The third-order valence-electron chi connectivity index (χ3n) is 4.04. The summed E-state index contributed by atoms with van der Waals surface area (Å²) in [5, 5.41) is 20.6. The van der Waals surface area contributed by atoms with Crippen LogP contribution in [0.2, 0.25) is 0 Å². The molecule has 2 aromatic rings. The highest BCUT2D eigenvalue weighted by molar-refractivity contribution is 5.59. The molecule has 0 radical (unpaired) electrons. The van der Waals surface area contributed by atoms with Crippen molar-refractivity contribution in [3.8, 4) is 6.07 Å². The number of nitriles is 1. The van der Waals surface area contributed by atoms with Crippen LogP contribution >= 0.6 is 0 Å². The van der Waals surface area contributed by atoms with Gasteiger partial charge >= 0.3 is 0 Å². The summed E-state index contributed by atoms with van der Waals surface area (Å²) in [6.45, 7) is 0.367. The van der Waals surface area contributed by atoms with Gasteiger partial charge in [-0.25, -0.2) is 0 Å². The molecule has 1 aliphatic heterocycles. The van der Waals surface area contributed by atoms with Crippen molar-refractivity contribution in [2.45, 2.75) is 25.4 Å². The second kappa shape index (κ2) is 5.86. The summed E-state index contributed by atoms with van der Waals surface area (Å²) in [6.07, 6.45) is 1.61. The third-order valence-corrected chi connectivity index (χ3v) is 4.04. The van der Waals surface area contributed by atoms with Crippen LogP contribution in [0.5, 0.6) is 0 Å². The van der Waals surface area contributed by atoms with E-state index in [4.69, 9.17) is 0 Å². The molecule has 0 amide bonds. The van der Waals surface area contributed by atoms with Crippen molar-refractivity contribution in [1.82, 2.24) is 0 Å². The number of benzene rings is 2. The maximum absolute atomic E-state index is 11.2.